The van der Waals surface area contributed by atoms with Crippen molar-refractivity contribution in [3.05, 3.63) is 40.3 Å². The van der Waals surface area contributed by atoms with Gasteiger partial charge in [0.05, 0.1) is 11.0 Å². The Morgan fingerprint density at radius 1 is 1.00 bits per heavy atom. The van der Waals surface area contributed by atoms with Gasteiger partial charge in [0.25, 0.3) is 0 Å². The van der Waals surface area contributed by atoms with Gasteiger partial charge in [-0.2, -0.15) is 9.97 Å². The molecule has 19 heavy (non-hydrogen) atoms. The minimum atomic E-state index is -0.223. The number of aromatic nitrogens is 5. The van der Waals surface area contributed by atoms with Crippen molar-refractivity contribution in [1.29, 1.82) is 0 Å². The first-order valence-electron chi connectivity index (χ1n) is 5.78. The van der Waals surface area contributed by atoms with Gasteiger partial charge in [0, 0.05) is 5.69 Å². The number of rotatable bonds is 2. The van der Waals surface area contributed by atoms with Crippen LogP contribution in [0.4, 0.5) is 11.6 Å². The van der Waals surface area contributed by atoms with E-state index in [4.69, 9.17) is 0 Å². The Hall–Kier alpha value is -2.70. The maximum absolute atomic E-state index is 11.2. The zero-order valence-corrected chi connectivity index (χ0v) is 10.5. The Morgan fingerprint density at radius 2 is 1.68 bits per heavy atom. The minimum absolute atomic E-state index is 0.223. The second-order valence-corrected chi connectivity index (χ2v) is 4.22. The van der Waals surface area contributed by atoms with Crippen molar-refractivity contribution in [2.75, 3.05) is 5.32 Å². The van der Waals surface area contributed by atoms with Crippen LogP contribution in [0.3, 0.4) is 0 Å². The summed E-state index contributed by atoms with van der Waals surface area (Å²) in [5, 5.41) is 3.09. The van der Waals surface area contributed by atoms with Gasteiger partial charge >= 0.3 is 5.69 Å². The van der Waals surface area contributed by atoms with Crippen LogP contribution in [0, 0.1) is 13.8 Å². The van der Waals surface area contributed by atoms with Crippen LogP contribution in [-0.2, 0) is 0 Å². The van der Waals surface area contributed by atoms with Gasteiger partial charge in [-0.3, -0.25) is 0 Å². The first kappa shape index (κ1) is 11.4. The van der Waals surface area contributed by atoms with Crippen molar-refractivity contribution < 1.29 is 0 Å². The molecule has 3 rings (SSSR count). The number of H-pyrrole nitrogens is 2. The highest BCUT2D eigenvalue weighted by molar-refractivity contribution is 5.79. The lowest BCUT2D eigenvalue weighted by molar-refractivity contribution is 0.928. The van der Waals surface area contributed by atoms with E-state index in [1.165, 1.54) is 0 Å². The first-order chi connectivity index (χ1) is 9.10. The molecule has 0 saturated heterocycles. The summed E-state index contributed by atoms with van der Waals surface area (Å²) in [6.07, 6.45) is 0. The number of hydrogen-bond acceptors (Lipinski definition) is 5. The molecule has 0 bridgehead atoms. The molecule has 1 aromatic carbocycles. The van der Waals surface area contributed by atoms with Gasteiger partial charge in [0.1, 0.15) is 11.6 Å². The van der Waals surface area contributed by atoms with Crippen molar-refractivity contribution in [3.63, 3.8) is 0 Å². The van der Waals surface area contributed by atoms with Crippen molar-refractivity contribution in [3.8, 4) is 0 Å². The summed E-state index contributed by atoms with van der Waals surface area (Å²) in [5.41, 5.74) is 2.07. The van der Waals surface area contributed by atoms with Crippen LogP contribution in [0.5, 0.6) is 0 Å². The van der Waals surface area contributed by atoms with E-state index in [9.17, 15) is 4.79 Å². The molecule has 0 fully saturated rings. The molecule has 2 heterocycles. The van der Waals surface area contributed by atoms with Crippen molar-refractivity contribution in [2.24, 2.45) is 0 Å². The van der Waals surface area contributed by atoms with Crippen molar-refractivity contribution in [2.45, 2.75) is 13.8 Å². The molecule has 3 aromatic rings. The van der Waals surface area contributed by atoms with E-state index >= 15 is 0 Å². The maximum atomic E-state index is 11.2. The third-order valence-electron chi connectivity index (χ3n) is 2.63. The number of nitrogens with zero attached hydrogens (tertiary/aromatic N) is 3. The summed E-state index contributed by atoms with van der Waals surface area (Å²) < 4.78 is 0. The molecule has 96 valence electrons. The Kier molecular flexibility index (Phi) is 2.52. The Labute approximate surface area is 108 Å². The highest BCUT2D eigenvalue weighted by Crippen LogP contribution is 2.17. The fraction of sp³-hybridized carbons (Fsp3) is 0.167. The predicted molar refractivity (Wildman–Crippen MR) is 71.5 cm³/mol. The smallest absolute Gasteiger partial charge is 0.323 e. The summed E-state index contributed by atoms with van der Waals surface area (Å²) in [7, 11) is 0. The average molecular weight is 256 g/mol. The number of benzene rings is 1. The van der Waals surface area contributed by atoms with E-state index in [0.717, 1.165) is 16.7 Å². The van der Waals surface area contributed by atoms with Gasteiger partial charge < -0.3 is 15.3 Å². The van der Waals surface area contributed by atoms with E-state index in [-0.39, 0.29) is 5.69 Å². The number of aromatic amines is 2. The average Bonchev–Trinajstić information content (AvgIpc) is 2.67. The number of anilines is 2. The van der Waals surface area contributed by atoms with E-state index in [1.54, 1.807) is 0 Å². The van der Waals surface area contributed by atoms with Crippen LogP contribution >= 0.6 is 0 Å². The van der Waals surface area contributed by atoms with Gasteiger partial charge in [-0.05, 0) is 32.0 Å². The molecule has 0 aliphatic heterocycles. The summed E-state index contributed by atoms with van der Waals surface area (Å²) in [5.74, 6) is 1.81. The molecule has 0 aliphatic rings. The molecule has 0 unspecified atom stereocenters. The molecule has 0 atom stereocenters. The van der Waals surface area contributed by atoms with Gasteiger partial charge in [-0.1, -0.05) is 0 Å². The van der Waals surface area contributed by atoms with Gasteiger partial charge in [-0.15, -0.1) is 0 Å². The normalized spacial score (nSPS) is 10.8. The second-order valence-electron chi connectivity index (χ2n) is 4.22. The second kappa shape index (κ2) is 4.20. The Bertz CT molecular complexity index is 783. The largest absolute Gasteiger partial charge is 0.324 e. The summed E-state index contributed by atoms with van der Waals surface area (Å²) in [6.45, 7) is 3.62. The molecular weight excluding hydrogens is 244 g/mol. The van der Waals surface area contributed by atoms with Gasteiger partial charge in [0.2, 0.25) is 5.95 Å². The maximum Gasteiger partial charge on any atom is 0.323 e. The Morgan fingerprint density at radius 3 is 2.42 bits per heavy atom. The molecule has 0 spiro atoms. The first-order valence-corrected chi connectivity index (χ1v) is 5.78. The van der Waals surface area contributed by atoms with Crippen LogP contribution in [0.2, 0.25) is 0 Å². The highest BCUT2D eigenvalue weighted by Gasteiger charge is 2.03. The zero-order chi connectivity index (χ0) is 13.4. The topological polar surface area (TPSA) is 99.4 Å². The van der Waals surface area contributed by atoms with E-state index in [0.29, 0.717) is 17.6 Å². The predicted octanol–water partition coefficient (Wildman–Crippen LogP) is 1.40. The lowest BCUT2D eigenvalue weighted by Crippen LogP contribution is -2.02. The van der Waals surface area contributed by atoms with Crippen molar-refractivity contribution >= 4 is 22.7 Å². The van der Waals surface area contributed by atoms with Crippen LogP contribution in [0.15, 0.2) is 23.0 Å². The third-order valence-corrected chi connectivity index (χ3v) is 2.63. The number of nitrogens with one attached hydrogen (secondary N) is 3. The molecule has 0 radical (unpaired) electrons. The number of aryl methyl sites for hydroxylation is 2. The highest BCUT2D eigenvalue weighted by atomic mass is 16.1. The number of fused-ring (bicyclic) bond motifs is 1. The van der Waals surface area contributed by atoms with Gasteiger partial charge in [-0.25, -0.2) is 9.78 Å². The summed E-state index contributed by atoms with van der Waals surface area (Å²) in [4.78, 5) is 29.1. The molecular formula is C12H12N6O. The lowest BCUT2D eigenvalue weighted by atomic mass is 10.3. The molecule has 7 nitrogen and oxygen atoms in total. The molecule has 7 heteroatoms. The lowest BCUT2D eigenvalue weighted by Gasteiger charge is -2.05. The zero-order valence-electron chi connectivity index (χ0n) is 10.5. The quantitative estimate of drug-likeness (QED) is 0.643. The summed E-state index contributed by atoms with van der Waals surface area (Å²) >= 11 is 0. The molecule has 3 N–H and O–H groups in total. The molecule has 0 amide bonds. The molecule has 0 aliphatic carbocycles. The van der Waals surface area contributed by atoms with Crippen molar-refractivity contribution in [1.82, 2.24) is 24.9 Å². The monoisotopic (exact) mass is 256 g/mol. The molecule has 0 saturated carbocycles. The van der Waals surface area contributed by atoms with Gasteiger partial charge in [0.15, 0.2) is 0 Å². The van der Waals surface area contributed by atoms with E-state index in [1.807, 2.05) is 32.0 Å². The van der Waals surface area contributed by atoms with E-state index < -0.39 is 0 Å². The SMILES string of the molecule is Cc1nc(C)nc(Nc2ccc3[nH]c(=O)[nH]c3c2)n1. The number of imidazole rings is 1. The fourth-order valence-corrected chi connectivity index (χ4v) is 1.91. The number of hydrogen-bond donors (Lipinski definition) is 3. The standard InChI is InChI=1S/C12H12N6O/c1-6-13-7(2)15-11(14-6)16-8-3-4-9-10(5-8)18-12(19)17-9/h3-5H,1-2H3,(H2,17,18,19)(H,13,14,15,16). The molecule has 2 aromatic heterocycles. The fourth-order valence-electron chi connectivity index (χ4n) is 1.91. The van der Waals surface area contributed by atoms with Crippen LogP contribution in [-0.4, -0.2) is 24.9 Å². The van der Waals surface area contributed by atoms with E-state index in [2.05, 4.69) is 30.2 Å². The summed E-state index contributed by atoms with van der Waals surface area (Å²) in [6, 6.07) is 5.48. The van der Waals surface area contributed by atoms with Crippen LogP contribution in [0.25, 0.3) is 11.0 Å². The van der Waals surface area contributed by atoms with Crippen LogP contribution < -0.4 is 11.0 Å². The Balaban J connectivity index is 1.98. The minimum Gasteiger partial charge on any atom is -0.324 e. The third kappa shape index (κ3) is 2.30. The van der Waals surface area contributed by atoms with Crippen LogP contribution in [0.1, 0.15) is 11.6 Å².